The Morgan fingerprint density at radius 1 is 0.875 bits per heavy atom. The largest absolute Gasteiger partial charge is 0.463 e. The summed E-state index contributed by atoms with van der Waals surface area (Å²) in [6.45, 7) is 16.2. The second kappa shape index (κ2) is 15.0. The molecular weight excluding hydrogens is 631 g/mol. The van der Waals surface area contributed by atoms with Crippen molar-refractivity contribution in [3.8, 4) is 0 Å². The second-order valence-corrected chi connectivity index (χ2v) is 21.1. The number of carbonyl (C=O) groups is 1. The highest BCUT2D eigenvalue weighted by Gasteiger charge is 2.50. The predicted octanol–water partition coefficient (Wildman–Crippen LogP) is 7.76. The SMILES string of the molecule is CCOC(=O)/C=C1/C=C2CN([S@](=O)C(C)(C)C)[C@H](CCO[Si](c3ccccc3)(c3ccccc3)C(C)(C)C)C2=C(c2ccccc2)CC1. The first kappa shape index (κ1) is 35.9. The first-order chi connectivity index (χ1) is 22.9. The maximum atomic E-state index is 14.3. The van der Waals surface area contributed by atoms with Crippen molar-refractivity contribution in [3.63, 3.8) is 0 Å². The highest BCUT2D eigenvalue weighted by atomic mass is 32.2. The van der Waals surface area contributed by atoms with Crippen LogP contribution in [0, 0.1) is 0 Å². The molecule has 0 spiro atoms. The molecule has 2 atom stereocenters. The summed E-state index contributed by atoms with van der Waals surface area (Å²) < 4.78 is 28.7. The Morgan fingerprint density at radius 2 is 1.44 bits per heavy atom. The van der Waals surface area contributed by atoms with Crippen LogP contribution in [0.5, 0.6) is 0 Å². The van der Waals surface area contributed by atoms with Crippen LogP contribution < -0.4 is 10.4 Å². The fourth-order valence-corrected chi connectivity index (χ4v) is 13.2. The van der Waals surface area contributed by atoms with E-state index in [0.717, 1.165) is 29.6 Å². The molecule has 5 nitrogen and oxygen atoms in total. The van der Waals surface area contributed by atoms with Crippen LogP contribution in [-0.2, 0) is 24.9 Å². The highest BCUT2D eigenvalue weighted by Crippen LogP contribution is 2.44. The maximum Gasteiger partial charge on any atom is 0.331 e. The number of allylic oxidation sites excluding steroid dienone is 3. The van der Waals surface area contributed by atoms with Crippen LogP contribution in [0.15, 0.2) is 120 Å². The van der Waals surface area contributed by atoms with Crippen molar-refractivity contribution in [2.24, 2.45) is 0 Å². The van der Waals surface area contributed by atoms with Gasteiger partial charge in [0.2, 0.25) is 0 Å². The average molecular weight is 682 g/mol. The Hall–Kier alpha value is -3.36. The first-order valence-corrected chi connectivity index (χ1v) is 20.2. The Morgan fingerprint density at radius 3 is 1.96 bits per heavy atom. The van der Waals surface area contributed by atoms with Crippen LogP contribution in [0.1, 0.15) is 73.3 Å². The molecule has 7 heteroatoms. The summed E-state index contributed by atoms with van der Waals surface area (Å²) >= 11 is 0. The van der Waals surface area contributed by atoms with Gasteiger partial charge in [-0.3, -0.25) is 0 Å². The molecule has 3 aromatic carbocycles. The van der Waals surface area contributed by atoms with Gasteiger partial charge in [-0.15, -0.1) is 0 Å². The van der Waals surface area contributed by atoms with E-state index in [1.807, 2.05) is 33.8 Å². The fourth-order valence-electron chi connectivity index (χ4n) is 7.23. The lowest BCUT2D eigenvalue weighted by Crippen LogP contribution is -2.66. The van der Waals surface area contributed by atoms with E-state index in [0.29, 0.717) is 26.2 Å². The van der Waals surface area contributed by atoms with E-state index in [-0.39, 0.29) is 17.0 Å². The van der Waals surface area contributed by atoms with Crippen LogP contribution >= 0.6 is 0 Å². The number of hydrogen-bond acceptors (Lipinski definition) is 4. The van der Waals surface area contributed by atoms with E-state index in [9.17, 15) is 9.00 Å². The number of ether oxygens (including phenoxy) is 1. The van der Waals surface area contributed by atoms with Crippen molar-refractivity contribution in [1.29, 1.82) is 0 Å². The molecule has 0 bridgehead atoms. The minimum atomic E-state index is -2.76. The summed E-state index contributed by atoms with van der Waals surface area (Å²) in [5.74, 6) is -0.322. The Kier molecular flexibility index (Phi) is 11.3. The van der Waals surface area contributed by atoms with Gasteiger partial charge in [-0.1, -0.05) is 118 Å². The van der Waals surface area contributed by atoms with Crippen LogP contribution in [0.2, 0.25) is 5.04 Å². The molecule has 5 rings (SSSR count). The van der Waals surface area contributed by atoms with Gasteiger partial charge in [0.05, 0.1) is 17.4 Å². The molecule has 1 aliphatic carbocycles. The number of nitrogens with zero attached hydrogens (tertiary/aromatic N) is 1. The normalized spacial score (nSPS) is 19.1. The molecule has 0 unspecified atom stereocenters. The van der Waals surface area contributed by atoms with Crippen molar-refractivity contribution in [1.82, 2.24) is 4.31 Å². The summed E-state index contributed by atoms with van der Waals surface area (Å²) in [5, 5.41) is 2.35. The van der Waals surface area contributed by atoms with Gasteiger partial charge in [-0.25, -0.2) is 13.3 Å². The van der Waals surface area contributed by atoms with Gasteiger partial charge in [0.25, 0.3) is 8.32 Å². The zero-order valence-electron chi connectivity index (χ0n) is 29.6. The number of benzene rings is 3. The Balaban J connectivity index is 1.61. The molecule has 0 radical (unpaired) electrons. The van der Waals surface area contributed by atoms with Gasteiger partial charge in [0.1, 0.15) is 11.0 Å². The molecule has 0 amide bonds. The molecule has 1 fully saturated rings. The lowest BCUT2D eigenvalue weighted by Gasteiger charge is -2.43. The van der Waals surface area contributed by atoms with Gasteiger partial charge in [0, 0.05) is 19.2 Å². The van der Waals surface area contributed by atoms with Crippen LogP contribution in [0.25, 0.3) is 5.57 Å². The topological polar surface area (TPSA) is 55.8 Å². The molecule has 1 saturated heterocycles. The fraction of sp³-hybridized carbons (Fsp3) is 0.390. The average Bonchev–Trinajstić information content (AvgIpc) is 3.29. The smallest absolute Gasteiger partial charge is 0.331 e. The number of fused-ring (bicyclic) bond motifs is 1. The maximum absolute atomic E-state index is 14.3. The predicted molar refractivity (Wildman–Crippen MR) is 202 cm³/mol. The van der Waals surface area contributed by atoms with Crippen molar-refractivity contribution in [3.05, 3.63) is 125 Å². The van der Waals surface area contributed by atoms with Gasteiger partial charge in [-0.05, 0) is 90.2 Å². The lowest BCUT2D eigenvalue weighted by molar-refractivity contribution is -0.137. The molecule has 254 valence electrons. The molecule has 1 aliphatic heterocycles. The van der Waals surface area contributed by atoms with E-state index in [2.05, 4.69) is 116 Å². The van der Waals surface area contributed by atoms with Gasteiger partial charge in [-0.2, -0.15) is 0 Å². The van der Waals surface area contributed by atoms with Crippen LogP contribution in [-0.4, -0.2) is 53.3 Å². The summed E-state index contributed by atoms with van der Waals surface area (Å²) in [6.07, 6.45) is 5.97. The Labute approximate surface area is 291 Å². The first-order valence-electron chi connectivity index (χ1n) is 17.2. The third-order valence-electron chi connectivity index (χ3n) is 9.28. The van der Waals surface area contributed by atoms with Crippen molar-refractivity contribution in [2.75, 3.05) is 19.8 Å². The number of esters is 1. The number of hydrogen-bond donors (Lipinski definition) is 0. The zero-order valence-corrected chi connectivity index (χ0v) is 31.4. The number of rotatable bonds is 10. The lowest BCUT2D eigenvalue weighted by atomic mass is 9.90. The van der Waals surface area contributed by atoms with Crippen LogP contribution in [0.4, 0.5) is 0 Å². The minimum absolute atomic E-state index is 0.119. The minimum Gasteiger partial charge on any atom is -0.463 e. The van der Waals surface area contributed by atoms with E-state index in [1.54, 1.807) is 6.08 Å². The van der Waals surface area contributed by atoms with E-state index in [4.69, 9.17) is 9.16 Å². The number of carbonyl (C=O) groups excluding carboxylic acids is 1. The molecule has 48 heavy (non-hydrogen) atoms. The van der Waals surface area contributed by atoms with Gasteiger partial charge < -0.3 is 9.16 Å². The van der Waals surface area contributed by atoms with E-state index >= 15 is 0 Å². The standard InChI is InChI=1S/C41H51NO4SSi/c1-8-45-38(43)29-31-24-25-36(32-18-12-9-13-19-32)39-33(28-31)30-42(47(44)40(2,3)4)37(39)26-27-46-48(41(5,6)7,34-20-14-10-15-21-34)35-22-16-11-17-23-35/h9-23,28-29,37H,8,24-27,30H2,1-7H3/b31-29+/t37-,47-/m1/s1. The summed E-state index contributed by atoms with van der Waals surface area (Å²) in [6, 6.07) is 31.9. The van der Waals surface area contributed by atoms with Crippen molar-refractivity contribution in [2.45, 2.75) is 83.6 Å². The molecule has 3 aromatic rings. The zero-order chi connectivity index (χ0) is 34.5. The molecular formula is C41H51NO4SSi. The third kappa shape index (κ3) is 7.60. The van der Waals surface area contributed by atoms with Gasteiger partial charge in [0.15, 0.2) is 0 Å². The Bertz CT molecular complexity index is 1650. The molecule has 0 aromatic heterocycles. The van der Waals surface area contributed by atoms with Crippen LogP contribution in [0.3, 0.4) is 0 Å². The molecule has 2 aliphatic rings. The van der Waals surface area contributed by atoms with Crippen molar-refractivity contribution >= 4 is 41.2 Å². The molecule has 0 saturated carbocycles. The monoisotopic (exact) mass is 681 g/mol. The summed E-state index contributed by atoms with van der Waals surface area (Å²) in [7, 11) is -4.04. The summed E-state index contributed by atoms with van der Waals surface area (Å²) in [4.78, 5) is 12.6. The molecule has 0 N–H and O–H groups in total. The summed E-state index contributed by atoms with van der Waals surface area (Å²) in [5.41, 5.74) is 5.69. The second-order valence-electron chi connectivity index (χ2n) is 14.7. The van der Waals surface area contributed by atoms with E-state index in [1.165, 1.54) is 21.5 Å². The molecule has 1 heterocycles. The van der Waals surface area contributed by atoms with E-state index < -0.39 is 24.1 Å². The van der Waals surface area contributed by atoms with Crippen molar-refractivity contribution < 1.29 is 18.2 Å². The quantitative estimate of drug-likeness (QED) is 0.125. The van der Waals surface area contributed by atoms with Gasteiger partial charge >= 0.3 is 5.97 Å². The third-order valence-corrected chi connectivity index (χ3v) is 16.2. The highest BCUT2D eigenvalue weighted by molar-refractivity contribution is 7.84.